The molecule has 1 heterocycles. The zero-order chi connectivity index (χ0) is 17.4. The molecule has 0 radical (unpaired) electrons. The molecular weight excluding hydrogens is 316 g/mol. The minimum atomic E-state index is 0.968. The van der Waals surface area contributed by atoms with Gasteiger partial charge in [-0.25, -0.2) is 9.97 Å². The molecule has 0 N–H and O–H groups in total. The first-order valence-electron chi connectivity index (χ1n) is 8.95. The van der Waals surface area contributed by atoms with Crippen molar-refractivity contribution in [2.24, 2.45) is 0 Å². The van der Waals surface area contributed by atoms with E-state index in [0.29, 0.717) is 0 Å². The predicted molar refractivity (Wildman–Crippen MR) is 110 cm³/mol. The number of benzene rings is 5. The van der Waals surface area contributed by atoms with Gasteiger partial charge < -0.3 is 0 Å². The van der Waals surface area contributed by atoms with Crippen molar-refractivity contribution in [1.29, 1.82) is 0 Å². The highest BCUT2D eigenvalue weighted by Gasteiger charge is 2.15. The van der Waals surface area contributed by atoms with E-state index in [4.69, 9.17) is 9.97 Å². The molecule has 0 aliphatic heterocycles. The van der Waals surface area contributed by atoms with Gasteiger partial charge in [0.1, 0.15) is 0 Å². The van der Waals surface area contributed by atoms with Gasteiger partial charge in [0.05, 0.1) is 22.1 Å². The molecule has 0 atom stereocenters. The van der Waals surface area contributed by atoms with E-state index in [0.717, 1.165) is 22.1 Å². The SMILES string of the molecule is Cc1cc2nc3c4cccc5ccc6cccc(c3nc2cc1C)c6c54. The van der Waals surface area contributed by atoms with Crippen molar-refractivity contribution in [2.75, 3.05) is 0 Å². The van der Waals surface area contributed by atoms with Crippen molar-refractivity contribution in [3.63, 3.8) is 0 Å². The highest BCUT2D eigenvalue weighted by atomic mass is 14.8. The zero-order valence-electron chi connectivity index (χ0n) is 14.7. The summed E-state index contributed by atoms with van der Waals surface area (Å²) in [6, 6.07) is 21.7. The number of aryl methyl sites for hydroxylation is 2. The maximum Gasteiger partial charge on any atom is 0.0979 e. The summed E-state index contributed by atoms with van der Waals surface area (Å²) in [7, 11) is 0. The summed E-state index contributed by atoms with van der Waals surface area (Å²) in [5.41, 5.74) is 6.44. The van der Waals surface area contributed by atoms with Crippen molar-refractivity contribution in [3.8, 4) is 0 Å². The lowest BCUT2D eigenvalue weighted by Crippen LogP contribution is -1.94. The van der Waals surface area contributed by atoms with Crippen LogP contribution in [0.5, 0.6) is 0 Å². The third-order valence-corrected chi connectivity index (χ3v) is 5.68. The van der Waals surface area contributed by atoms with Gasteiger partial charge >= 0.3 is 0 Å². The molecule has 0 saturated carbocycles. The molecule has 0 bridgehead atoms. The topological polar surface area (TPSA) is 25.8 Å². The average molecular weight is 332 g/mol. The lowest BCUT2D eigenvalue weighted by molar-refractivity contribution is 1.32. The summed E-state index contributed by atoms with van der Waals surface area (Å²) in [6.45, 7) is 4.26. The second-order valence-corrected chi connectivity index (χ2v) is 7.22. The Morgan fingerprint density at radius 2 is 1.04 bits per heavy atom. The molecule has 0 saturated heterocycles. The van der Waals surface area contributed by atoms with Crippen LogP contribution in [0.25, 0.3) is 54.4 Å². The molecule has 6 rings (SSSR count). The normalized spacial score (nSPS) is 12.2. The third-order valence-electron chi connectivity index (χ3n) is 5.68. The van der Waals surface area contributed by atoms with Gasteiger partial charge in [-0.05, 0) is 58.7 Å². The molecule has 2 heteroatoms. The molecule has 6 aromatic rings. The van der Waals surface area contributed by atoms with Gasteiger partial charge in [-0.2, -0.15) is 0 Å². The fourth-order valence-corrected chi connectivity index (χ4v) is 4.24. The number of hydrogen-bond acceptors (Lipinski definition) is 2. The quantitative estimate of drug-likeness (QED) is 0.241. The maximum atomic E-state index is 5.07. The van der Waals surface area contributed by atoms with E-state index in [9.17, 15) is 0 Å². The number of aromatic nitrogens is 2. The number of nitrogens with zero attached hydrogens (tertiary/aromatic N) is 2. The molecular formula is C24H16N2. The molecule has 26 heavy (non-hydrogen) atoms. The van der Waals surface area contributed by atoms with E-state index in [1.54, 1.807) is 0 Å². The first kappa shape index (κ1) is 14.0. The van der Waals surface area contributed by atoms with E-state index in [1.165, 1.54) is 43.4 Å². The number of rotatable bonds is 0. The summed E-state index contributed by atoms with van der Waals surface area (Å²) < 4.78 is 0. The van der Waals surface area contributed by atoms with Crippen molar-refractivity contribution in [3.05, 3.63) is 71.8 Å². The van der Waals surface area contributed by atoms with Crippen LogP contribution in [0.2, 0.25) is 0 Å². The molecule has 1 aromatic heterocycles. The van der Waals surface area contributed by atoms with Crippen LogP contribution < -0.4 is 0 Å². The smallest absolute Gasteiger partial charge is 0.0979 e. The van der Waals surface area contributed by atoms with Crippen molar-refractivity contribution in [1.82, 2.24) is 9.97 Å². The molecule has 5 aromatic carbocycles. The summed E-state index contributed by atoms with van der Waals surface area (Å²) in [4.78, 5) is 10.1. The standard InChI is InChI=1S/C24H16N2/c1-13-11-19-20(12-14(13)2)26-24-18-8-4-6-16-10-9-15-5-3-7-17(23(24)25-19)21(15)22(16)18/h3-12H,1-2H3. The fourth-order valence-electron chi connectivity index (χ4n) is 4.24. The second-order valence-electron chi connectivity index (χ2n) is 7.22. The van der Waals surface area contributed by atoms with Gasteiger partial charge in [0.25, 0.3) is 0 Å². The van der Waals surface area contributed by atoms with Gasteiger partial charge in [0, 0.05) is 10.8 Å². The van der Waals surface area contributed by atoms with Crippen LogP contribution in [0, 0.1) is 13.8 Å². The lowest BCUT2D eigenvalue weighted by Gasteiger charge is -2.14. The van der Waals surface area contributed by atoms with Gasteiger partial charge in [-0.15, -0.1) is 0 Å². The van der Waals surface area contributed by atoms with Crippen LogP contribution >= 0.6 is 0 Å². The summed E-state index contributed by atoms with van der Waals surface area (Å²) in [5.74, 6) is 0. The molecule has 0 spiro atoms. The van der Waals surface area contributed by atoms with Crippen LogP contribution in [0.3, 0.4) is 0 Å². The van der Waals surface area contributed by atoms with Crippen molar-refractivity contribution >= 4 is 54.4 Å². The van der Waals surface area contributed by atoms with Crippen LogP contribution in [0.1, 0.15) is 11.1 Å². The molecule has 0 aliphatic rings. The van der Waals surface area contributed by atoms with Crippen LogP contribution in [0.4, 0.5) is 0 Å². The van der Waals surface area contributed by atoms with Crippen LogP contribution in [-0.2, 0) is 0 Å². The van der Waals surface area contributed by atoms with E-state index >= 15 is 0 Å². The van der Waals surface area contributed by atoms with E-state index < -0.39 is 0 Å². The molecule has 0 unspecified atom stereocenters. The second kappa shape index (κ2) is 4.67. The molecule has 0 aliphatic carbocycles. The molecule has 0 fully saturated rings. The Bertz CT molecular complexity index is 1380. The van der Waals surface area contributed by atoms with Crippen molar-refractivity contribution in [2.45, 2.75) is 13.8 Å². The minimum absolute atomic E-state index is 0.968. The highest BCUT2D eigenvalue weighted by Crippen LogP contribution is 2.39. The third kappa shape index (κ3) is 1.66. The Balaban J connectivity index is 1.99. The average Bonchev–Trinajstić information content (AvgIpc) is 2.66. The molecule has 0 amide bonds. The molecule has 122 valence electrons. The van der Waals surface area contributed by atoms with Gasteiger partial charge in [0.2, 0.25) is 0 Å². The van der Waals surface area contributed by atoms with Gasteiger partial charge in [-0.1, -0.05) is 48.5 Å². The fraction of sp³-hybridized carbons (Fsp3) is 0.0833. The summed E-state index contributed by atoms with van der Waals surface area (Å²) in [6.07, 6.45) is 0. The summed E-state index contributed by atoms with van der Waals surface area (Å²) >= 11 is 0. The zero-order valence-corrected chi connectivity index (χ0v) is 14.7. The number of hydrogen-bond donors (Lipinski definition) is 0. The Labute approximate surface area is 150 Å². The first-order chi connectivity index (χ1) is 12.7. The monoisotopic (exact) mass is 332 g/mol. The molecule has 2 nitrogen and oxygen atoms in total. The van der Waals surface area contributed by atoms with E-state index in [1.807, 2.05) is 0 Å². The predicted octanol–water partition coefficient (Wildman–Crippen LogP) is 6.30. The Morgan fingerprint density at radius 3 is 1.50 bits per heavy atom. The Morgan fingerprint density at radius 1 is 0.577 bits per heavy atom. The number of fused-ring (bicyclic) bond motifs is 4. The van der Waals surface area contributed by atoms with Gasteiger partial charge in [-0.3, -0.25) is 0 Å². The lowest BCUT2D eigenvalue weighted by atomic mass is 9.92. The summed E-state index contributed by atoms with van der Waals surface area (Å²) in [5, 5.41) is 7.49. The minimum Gasteiger partial charge on any atom is -0.244 e. The maximum absolute atomic E-state index is 5.07. The van der Waals surface area contributed by atoms with Crippen LogP contribution in [-0.4, -0.2) is 9.97 Å². The Hall–Kier alpha value is -3.26. The van der Waals surface area contributed by atoms with Crippen LogP contribution in [0.15, 0.2) is 60.7 Å². The largest absolute Gasteiger partial charge is 0.244 e. The van der Waals surface area contributed by atoms with E-state index in [2.05, 4.69) is 74.5 Å². The van der Waals surface area contributed by atoms with E-state index in [-0.39, 0.29) is 0 Å². The Kier molecular flexibility index (Phi) is 2.51. The van der Waals surface area contributed by atoms with Crippen molar-refractivity contribution < 1.29 is 0 Å². The van der Waals surface area contributed by atoms with Gasteiger partial charge in [0.15, 0.2) is 0 Å². The highest BCUT2D eigenvalue weighted by molar-refractivity contribution is 6.32. The first-order valence-corrected chi connectivity index (χ1v) is 8.95.